The Morgan fingerprint density at radius 1 is 0.480 bits per heavy atom. The van der Waals surface area contributed by atoms with Crippen LogP contribution in [0, 0.1) is 24.5 Å². The number of rotatable bonds is 6. The monoisotopic (exact) mass is 652 g/mol. The largest absolute Gasteiger partial charge is 0.309 e. The summed E-state index contributed by atoms with van der Waals surface area (Å²) in [6.07, 6.45) is 0. The van der Waals surface area contributed by atoms with E-state index in [2.05, 4.69) is 142 Å². The van der Waals surface area contributed by atoms with Crippen LogP contribution in [0.4, 0.5) is 11.4 Å². The van der Waals surface area contributed by atoms with Gasteiger partial charge in [0.1, 0.15) is 0 Å². The molecular formula is C45H28N4Si. The minimum absolute atomic E-state index is 0.566. The van der Waals surface area contributed by atoms with Crippen molar-refractivity contribution < 1.29 is 0 Å². The van der Waals surface area contributed by atoms with Crippen molar-refractivity contribution in [1.82, 2.24) is 4.57 Å². The van der Waals surface area contributed by atoms with Crippen LogP contribution >= 0.6 is 0 Å². The van der Waals surface area contributed by atoms with Gasteiger partial charge in [0.25, 0.3) is 0 Å². The Labute approximate surface area is 292 Å². The first-order chi connectivity index (χ1) is 24.6. The molecule has 0 radical (unpaired) electrons. The van der Waals surface area contributed by atoms with Gasteiger partial charge < -0.3 is 4.57 Å². The Kier molecular flexibility index (Phi) is 7.63. The summed E-state index contributed by atoms with van der Waals surface area (Å²) in [5, 5.41) is 16.4. The molecule has 0 fully saturated rings. The van der Waals surface area contributed by atoms with E-state index in [1.165, 1.54) is 15.6 Å². The van der Waals surface area contributed by atoms with Crippen molar-refractivity contribution in [2.75, 3.05) is 0 Å². The normalized spacial score (nSPS) is 11.1. The Bertz CT molecular complexity index is 2580. The van der Waals surface area contributed by atoms with E-state index in [9.17, 15) is 5.26 Å². The molecule has 0 aliphatic carbocycles. The summed E-state index contributed by atoms with van der Waals surface area (Å²) in [5.41, 5.74) is 6.90. The highest BCUT2D eigenvalue weighted by molar-refractivity contribution is 7.20. The van der Waals surface area contributed by atoms with Gasteiger partial charge in [0.15, 0.2) is 19.4 Å². The quantitative estimate of drug-likeness (QED) is 0.101. The third-order valence-corrected chi connectivity index (χ3v) is 14.3. The van der Waals surface area contributed by atoms with Gasteiger partial charge >= 0.3 is 0 Å². The maximum Gasteiger partial charge on any atom is 0.188 e. The fraction of sp³-hybridized carbons (Fsp3) is 0. The molecule has 0 bridgehead atoms. The molecule has 0 saturated carbocycles. The van der Waals surface area contributed by atoms with Crippen LogP contribution in [0.2, 0.25) is 0 Å². The molecule has 232 valence electrons. The van der Waals surface area contributed by atoms with Crippen LogP contribution in [0.3, 0.4) is 0 Å². The molecule has 0 N–H and O–H groups in total. The van der Waals surface area contributed by atoms with Crippen molar-refractivity contribution in [2.24, 2.45) is 0 Å². The number of hydrogen-bond donors (Lipinski definition) is 0. The average Bonchev–Trinajstić information content (AvgIpc) is 3.52. The van der Waals surface area contributed by atoms with E-state index in [0.717, 1.165) is 43.8 Å². The van der Waals surface area contributed by atoms with Crippen LogP contribution in [-0.4, -0.2) is 12.6 Å². The SMILES string of the molecule is [C-]#[N+]c1cccc([Si](c2ccccc2)(c2ccccc2)c2cccc(-c3cccc(-n4c5ccc(C#N)cc5c5cc([N+]#[C-])ccc54)c3)c2)c1. The van der Waals surface area contributed by atoms with E-state index in [1.807, 2.05) is 48.5 Å². The lowest BCUT2D eigenvalue weighted by atomic mass is 10.1. The second-order valence-electron chi connectivity index (χ2n) is 12.3. The van der Waals surface area contributed by atoms with Crippen LogP contribution < -0.4 is 20.7 Å². The Morgan fingerprint density at radius 2 is 1.02 bits per heavy atom. The van der Waals surface area contributed by atoms with Crippen molar-refractivity contribution in [3.8, 4) is 22.9 Å². The van der Waals surface area contributed by atoms with Gasteiger partial charge in [-0.3, -0.25) is 0 Å². The summed E-state index contributed by atoms with van der Waals surface area (Å²) in [6, 6.07) is 60.9. The number of hydrogen-bond acceptors (Lipinski definition) is 1. The maximum absolute atomic E-state index is 9.66. The van der Waals surface area contributed by atoms with Gasteiger partial charge in [-0.25, -0.2) is 9.69 Å². The highest BCUT2D eigenvalue weighted by atomic mass is 28.3. The smallest absolute Gasteiger partial charge is 0.188 e. The van der Waals surface area contributed by atoms with Crippen molar-refractivity contribution in [3.63, 3.8) is 0 Å². The first kappa shape index (κ1) is 30.4. The van der Waals surface area contributed by atoms with Crippen LogP contribution in [0.1, 0.15) is 5.56 Å². The van der Waals surface area contributed by atoms with E-state index >= 15 is 0 Å². The minimum atomic E-state index is -2.87. The molecule has 7 aromatic carbocycles. The molecule has 0 amide bonds. The van der Waals surface area contributed by atoms with E-state index in [-0.39, 0.29) is 0 Å². The first-order valence-electron chi connectivity index (χ1n) is 16.3. The molecule has 5 heteroatoms. The number of benzene rings is 7. The second-order valence-corrected chi connectivity index (χ2v) is 16.1. The zero-order valence-electron chi connectivity index (χ0n) is 27.0. The first-order valence-corrected chi connectivity index (χ1v) is 18.3. The molecule has 0 aliphatic heterocycles. The van der Waals surface area contributed by atoms with Gasteiger partial charge in [-0.15, -0.1) is 0 Å². The topological polar surface area (TPSA) is 37.4 Å². The fourth-order valence-electron chi connectivity index (χ4n) is 7.37. The van der Waals surface area contributed by atoms with Crippen LogP contribution in [0.15, 0.2) is 170 Å². The predicted octanol–water partition coefficient (Wildman–Crippen LogP) is 8.80. The van der Waals surface area contributed by atoms with E-state index in [0.29, 0.717) is 16.9 Å². The molecule has 50 heavy (non-hydrogen) atoms. The van der Waals surface area contributed by atoms with Gasteiger partial charge in [0.2, 0.25) is 0 Å². The fourth-order valence-corrected chi connectivity index (χ4v) is 12.2. The molecular weight excluding hydrogens is 625 g/mol. The van der Waals surface area contributed by atoms with E-state index in [4.69, 9.17) is 13.1 Å². The molecule has 0 atom stereocenters. The molecule has 0 unspecified atom stereocenters. The standard InChI is InChI=1S/C45H28N4Si/c1-47-35-14-11-21-41(29-35)50(38-16-5-3-6-17-38,39-18-7-4-8-19-39)40-20-10-13-34(28-40)33-12-9-15-37(27-33)49-44-24-22-32(31-46)26-42(44)43-30-36(48-2)23-25-45(43)49/h3-30H. The molecule has 1 heterocycles. The minimum Gasteiger partial charge on any atom is -0.309 e. The third-order valence-electron chi connectivity index (χ3n) is 9.56. The molecule has 8 rings (SSSR count). The second kappa shape index (κ2) is 12.6. The summed E-state index contributed by atoms with van der Waals surface area (Å²) in [6.45, 7) is 15.4. The molecule has 1 aromatic heterocycles. The maximum atomic E-state index is 9.66. The molecule has 8 aromatic rings. The number of aromatic nitrogens is 1. The van der Waals surface area contributed by atoms with E-state index in [1.54, 1.807) is 0 Å². The van der Waals surface area contributed by atoms with Crippen molar-refractivity contribution in [3.05, 3.63) is 198 Å². The Hall–Kier alpha value is -6.97. The number of nitriles is 1. The van der Waals surface area contributed by atoms with Gasteiger partial charge in [0, 0.05) is 11.1 Å². The Morgan fingerprint density at radius 3 is 1.68 bits per heavy atom. The van der Waals surface area contributed by atoms with Gasteiger partial charge in [-0.2, -0.15) is 5.26 Å². The molecule has 0 saturated heterocycles. The average molecular weight is 653 g/mol. The van der Waals surface area contributed by atoms with E-state index < -0.39 is 8.07 Å². The van der Waals surface area contributed by atoms with Crippen LogP contribution in [0.25, 0.3) is 48.3 Å². The highest BCUT2D eigenvalue weighted by Crippen LogP contribution is 2.36. The molecule has 4 nitrogen and oxygen atoms in total. The zero-order chi connectivity index (χ0) is 34.1. The molecule has 0 aliphatic rings. The molecule has 0 spiro atoms. The lowest BCUT2D eigenvalue weighted by molar-refractivity contribution is 1.18. The Balaban J connectivity index is 1.35. The van der Waals surface area contributed by atoms with Crippen molar-refractivity contribution >= 4 is 62.0 Å². The summed E-state index contributed by atoms with van der Waals surface area (Å²) in [5.74, 6) is 0. The predicted molar refractivity (Wildman–Crippen MR) is 207 cm³/mol. The van der Waals surface area contributed by atoms with Crippen LogP contribution in [0.5, 0.6) is 0 Å². The summed E-state index contributed by atoms with van der Waals surface area (Å²) in [4.78, 5) is 7.50. The zero-order valence-corrected chi connectivity index (χ0v) is 28.0. The number of nitrogens with zero attached hydrogens (tertiary/aromatic N) is 4. The summed E-state index contributed by atoms with van der Waals surface area (Å²) < 4.78 is 2.22. The summed E-state index contributed by atoms with van der Waals surface area (Å²) >= 11 is 0. The van der Waals surface area contributed by atoms with Crippen molar-refractivity contribution in [1.29, 1.82) is 5.26 Å². The van der Waals surface area contributed by atoms with Gasteiger partial charge in [0.05, 0.1) is 35.8 Å². The summed E-state index contributed by atoms with van der Waals surface area (Å²) in [7, 11) is -2.87. The highest BCUT2D eigenvalue weighted by Gasteiger charge is 2.41. The third kappa shape index (κ3) is 4.97. The van der Waals surface area contributed by atoms with Gasteiger partial charge in [-0.1, -0.05) is 133 Å². The van der Waals surface area contributed by atoms with Gasteiger partial charge in [-0.05, 0) is 74.5 Å². The van der Waals surface area contributed by atoms with Crippen LogP contribution in [-0.2, 0) is 0 Å². The lowest BCUT2D eigenvalue weighted by Crippen LogP contribution is -2.74. The van der Waals surface area contributed by atoms with Crippen molar-refractivity contribution in [2.45, 2.75) is 0 Å². The lowest BCUT2D eigenvalue weighted by Gasteiger charge is -2.35. The number of fused-ring (bicyclic) bond motifs is 3.